The SMILES string of the molecule is O=C(NCc1ccco1)[C@H]1C[C@@H]2CCN(Cc3ccccn3)C[C@@H]2O1. The third-order valence-electron chi connectivity index (χ3n) is 5.06. The second kappa shape index (κ2) is 7.37. The van der Waals surface area contributed by atoms with Gasteiger partial charge in [0.1, 0.15) is 11.9 Å². The molecule has 2 saturated heterocycles. The number of furan rings is 1. The Morgan fingerprint density at radius 1 is 1.32 bits per heavy atom. The third kappa shape index (κ3) is 3.91. The number of amides is 1. The lowest BCUT2D eigenvalue weighted by atomic mass is 9.91. The summed E-state index contributed by atoms with van der Waals surface area (Å²) < 4.78 is 11.3. The Morgan fingerprint density at radius 2 is 2.28 bits per heavy atom. The van der Waals surface area contributed by atoms with Crippen molar-refractivity contribution in [3.05, 3.63) is 54.2 Å². The molecule has 3 atom stereocenters. The summed E-state index contributed by atoms with van der Waals surface area (Å²) in [6, 6.07) is 9.66. The molecule has 132 valence electrons. The van der Waals surface area contributed by atoms with Gasteiger partial charge < -0.3 is 14.5 Å². The summed E-state index contributed by atoms with van der Waals surface area (Å²) in [6.45, 7) is 3.14. The summed E-state index contributed by atoms with van der Waals surface area (Å²) in [4.78, 5) is 19.1. The van der Waals surface area contributed by atoms with E-state index in [9.17, 15) is 4.79 Å². The summed E-state index contributed by atoms with van der Waals surface area (Å²) in [5.41, 5.74) is 1.08. The molecule has 0 spiro atoms. The minimum Gasteiger partial charge on any atom is -0.467 e. The molecule has 2 aliphatic heterocycles. The zero-order valence-electron chi connectivity index (χ0n) is 14.1. The fourth-order valence-electron chi connectivity index (χ4n) is 3.73. The number of ether oxygens (including phenoxy) is 1. The lowest BCUT2D eigenvalue weighted by molar-refractivity contribution is -0.133. The third-order valence-corrected chi connectivity index (χ3v) is 5.06. The Bertz CT molecular complexity index is 689. The van der Waals surface area contributed by atoms with Crippen LogP contribution in [0.4, 0.5) is 0 Å². The molecule has 0 saturated carbocycles. The highest BCUT2D eigenvalue weighted by molar-refractivity contribution is 5.81. The van der Waals surface area contributed by atoms with Gasteiger partial charge in [0, 0.05) is 19.3 Å². The summed E-state index contributed by atoms with van der Waals surface area (Å²) >= 11 is 0. The average molecular weight is 341 g/mol. The van der Waals surface area contributed by atoms with Crippen molar-refractivity contribution in [2.24, 2.45) is 5.92 Å². The highest BCUT2D eigenvalue weighted by Gasteiger charge is 2.41. The monoisotopic (exact) mass is 341 g/mol. The predicted octanol–water partition coefficient (Wildman–Crippen LogP) is 1.97. The Labute approximate surface area is 147 Å². The van der Waals surface area contributed by atoms with E-state index < -0.39 is 0 Å². The number of rotatable bonds is 5. The standard InChI is InChI=1S/C19H23N3O3/c23-19(21-11-16-5-3-9-24-16)17-10-14-6-8-22(13-18(14)25-17)12-15-4-1-2-7-20-15/h1-5,7,9,14,17-18H,6,8,10-13H2,(H,21,23)/t14-,17+,18-/m0/s1. The van der Waals surface area contributed by atoms with Crippen LogP contribution in [0.5, 0.6) is 0 Å². The average Bonchev–Trinajstić information content (AvgIpc) is 3.30. The van der Waals surface area contributed by atoms with Crippen molar-refractivity contribution in [2.45, 2.75) is 38.1 Å². The van der Waals surface area contributed by atoms with Gasteiger partial charge in [-0.15, -0.1) is 0 Å². The molecule has 6 heteroatoms. The van der Waals surface area contributed by atoms with E-state index in [4.69, 9.17) is 9.15 Å². The number of hydrogen-bond donors (Lipinski definition) is 1. The summed E-state index contributed by atoms with van der Waals surface area (Å²) in [7, 11) is 0. The molecule has 1 amide bonds. The number of nitrogens with one attached hydrogen (secondary N) is 1. The zero-order chi connectivity index (χ0) is 17.1. The Balaban J connectivity index is 1.28. The fourth-order valence-corrected chi connectivity index (χ4v) is 3.73. The summed E-state index contributed by atoms with van der Waals surface area (Å²) in [5, 5.41) is 2.91. The van der Waals surface area contributed by atoms with E-state index in [1.54, 1.807) is 6.26 Å². The number of piperidine rings is 1. The molecule has 4 rings (SSSR count). The first-order chi connectivity index (χ1) is 12.3. The quantitative estimate of drug-likeness (QED) is 0.901. The van der Waals surface area contributed by atoms with Gasteiger partial charge in [-0.2, -0.15) is 0 Å². The van der Waals surface area contributed by atoms with Crippen LogP contribution in [0, 0.1) is 5.92 Å². The largest absolute Gasteiger partial charge is 0.467 e. The molecule has 1 N–H and O–H groups in total. The molecule has 2 aliphatic rings. The van der Waals surface area contributed by atoms with E-state index in [1.165, 1.54) is 0 Å². The van der Waals surface area contributed by atoms with Gasteiger partial charge in [-0.1, -0.05) is 6.07 Å². The van der Waals surface area contributed by atoms with E-state index >= 15 is 0 Å². The maximum absolute atomic E-state index is 12.4. The normalized spacial score (nSPS) is 26.3. The molecule has 0 unspecified atom stereocenters. The molecular weight excluding hydrogens is 318 g/mol. The topological polar surface area (TPSA) is 67.6 Å². The van der Waals surface area contributed by atoms with Crippen LogP contribution >= 0.6 is 0 Å². The number of hydrogen-bond acceptors (Lipinski definition) is 5. The van der Waals surface area contributed by atoms with E-state index in [1.807, 2.05) is 36.5 Å². The van der Waals surface area contributed by atoms with Crippen LogP contribution in [0.25, 0.3) is 0 Å². The van der Waals surface area contributed by atoms with Gasteiger partial charge in [0.05, 0.1) is 24.6 Å². The molecule has 25 heavy (non-hydrogen) atoms. The first kappa shape index (κ1) is 16.3. The maximum Gasteiger partial charge on any atom is 0.249 e. The van der Waals surface area contributed by atoms with Gasteiger partial charge >= 0.3 is 0 Å². The molecular formula is C19H23N3O3. The first-order valence-electron chi connectivity index (χ1n) is 8.86. The van der Waals surface area contributed by atoms with Gasteiger partial charge in [0.2, 0.25) is 5.91 Å². The number of nitrogens with zero attached hydrogens (tertiary/aromatic N) is 2. The fraction of sp³-hybridized carbons (Fsp3) is 0.474. The van der Waals surface area contributed by atoms with E-state index in [2.05, 4.69) is 15.2 Å². The van der Waals surface area contributed by atoms with Crippen LogP contribution in [-0.4, -0.2) is 41.1 Å². The molecule has 4 heterocycles. The van der Waals surface area contributed by atoms with Crippen molar-refractivity contribution < 1.29 is 13.9 Å². The smallest absolute Gasteiger partial charge is 0.249 e. The molecule has 0 bridgehead atoms. The predicted molar refractivity (Wildman–Crippen MR) is 91.5 cm³/mol. The molecule has 0 radical (unpaired) electrons. The minimum absolute atomic E-state index is 0.0397. The number of likely N-dealkylation sites (tertiary alicyclic amines) is 1. The lowest BCUT2D eigenvalue weighted by Crippen LogP contribution is -2.42. The molecule has 2 aromatic rings. The van der Waals surface area contributed by atoms with Crippen LogP contribution in [0.3, 0.4) is 0 Å². The van der Waals surface area contributed by atoms with Crippen LogP contribution in [-0.2, 0) is 22.6 Å². The lowest BCUT2D eigenvalue weighted by Gasteiger charge is -2.33. The van der Waals surface area contributed by atoms with Crippen molar-refractivity contribution in [1.29, 1.82) is 0 Å². The van der Waals surface area contributed by atoms with Crippen molar-refractivity contribution in [1.82, 2.24) is 15.2 Å². The van der Waals surface area contributed by atoms with Gasteiger partial charge in [0.25, 0.3) is 0 Å². The second-order valence-corrected chi connectivity index (χ2v) is 6.80. The van der Waals surface area contributed by atoms with Crippen molar-refractivity contribution in [3.8, 4) is 0 Å². The van der Waals surface area contributed by atoms with Gasteiger partial charge in [-0.05, 0) is 49.6 Å². The first-order valence-corrected chi connectivity index (χ1v) is 8.86. The highest BCUT2D eigenvalue weighted by atomic mass is 16.5. The van der Waals surface area contributed by atoms with Crippen LogP contribution in [0.15, 0.2) is 47.2 Å². The van der Waals surface area contributed by atoms with E-state index in [0.29, 0.717) is 12.5 Å². The zero-order valence-corrected chi connectivity index (χ0v) is 14.1. The van der Waals surface area contributed by atoms with Crippen LogP contribution < -0.4 is 5.32 Å². The maximum atomic E-state index is 12.4. The number of carbonyl (C=O) groups excluding carboxylic acids is 1. The second-order valence-electron chi connectivity index (χ2n) is 6.80. The summed E-state index contributed by atoms with van der Waals surface area (Å²) in [5.74, 6) is 1.19. The van der Waals surface area contributed by atoms with Gasteiger partial charge in [0.15, 0.2) is 0 Å². The Morgan fingerprint density at radius 3 is 3.08 bits per heavy atom. The van der Waals surface area contributed by atoms with Crippen LogP contribution in [0.1, 0.15) is 24.3 Å². The van der Waals surface area contributed by atoms with E-state index in [0.717, 1.165) is 43.9 Å². The van der Waals surface area contributed by atoms with Crippen molar-refractivity contribution >= 4 is 5.91 Å². The molecule has 0 aromatic carbocycles. The highest BCUT2D eigenvalue weighted by Crippen LogP contribution is 2.33. The number of pyridine rings is 1. The Hall–Kier alpha value is -2.18. The molecule has 0 aliphatic carbocycles. The molecule has 6 nitrogen and oxygen atoms in total. The minimum atomic E-state index is -0.347. The number of aromatic nitrogens is 1. The van der Waals surface area contributed by atoms with Crippen LogP contribution in [0.2, 0.25) is 0 Å². The van der Waals surface area contributed by atoms with Crippen molar-refractivity contribution in [3.63, 3.8) is 0 Å². The summed E-state index contributed by atoms with van der Waals surface area (Å²) in [6.07, 6.45) is 5.11. The van der Waals surface area contributed by atoms with E-state index in [-0.39, 0.29) is 18.1 Å². The Kier molecular flexibility index (Phi) is 4.81. The van der Waals surface area contributed by atoms with Gasteiger partial charge in [-0.3, -0.25) is 14.7 Å². The number of fused-ring (bicyclic) bond motifs is 1. The van der Waals surface area contributed by atoms with Gasteiger partial charge in [-0.25, -0.2) is 0 Å². The van der Waals surface area contributed by atoms with Crippen molar-refractivity contribution in [2.75, 3.05) is 13.1 Å². The molecule has 2 aromatic heterocycles. The number of carbonyl (C=O) groups is 1. The molecule has 2 fully saturated rings.